The Hall–Kier alpha value is -2.33. The minimum Gasteiger partial charge on any atom is -0.490 e. The molecule has 0 unspecified atom stereocenters. The summed E-state index contributed by atoms with van der Waals surface area (Å²) in [5.74, 6) is 2.33. The van der Waals surface area contributed by atoms with E-state index in [4.69, 9.17) is 26.4 Å². The third-order valence-electron chi connectivity index (χ3n) is 8.50. The van der Waals surface area contributed by atoms with Crippen LogP contribution in [0.1, 0.15) is 166 Å². The van der Waals surface area contributed by atoms with Crippen LogP contribution in [0.4, 0.5) is 0 Å². The topological polar surface area (TPSA) is 27.7 Å². The predicted octanol–water partition coefficient (Wildman–Crippen LogP) is 13.3. The summed E-state index contributed by atoms with van der Waals surface area (Å²) in [6.07, 6.45) is 28.6. The van der Waals surface area contributed by atoms with E-state index in [-0.39, 0.29) is 0 Å². The smallest absolute Gasteiger partial charge is 0.203 e. The zero-order valence-electron chi connectivity index (χ0n) is 30.0. The van der Waals surface area contributed by atoms with Crippen LogP contribution < -0.4 is 14.2 Å². The Morgan fingerprint density at radius 2 is 0.978 bits per heavy atom. The average molecular weight is 651 g/mol. The summed E-state index contributed by atoms with van der Waals surface area (Å²) in [5, 5.41) is 0. The molecule has 0 aliphatic heterocycles. The lowest BCUT2D eigenvalue weighted by atomic mass is 10.0. The van der Waals surface area contributed by atoms with Crippen molar-refractivity contribution in [2.45, 2.75) is 156 Å². The molecule has 0 saturated heterocycles. The van der Waals surface area contributed by atoms with E-state index in [0.29, 0.717) is 19.8 Å². The Morgan fingerprint density at radius 1 is 0.543 bits per heavy atom. The average Bonchev–Trinajstić information content (AvgIpc) is 3.07. The first kappa shape index (κ1) is 39.8. The normalized spacial score (nSPS) is 11.3. The number of rotatable bonds is 29. The van der Waals surface area contributed by atoms with E-state index in [1.54, 1.807) is 0 Å². The van der Waals surface area contributed by atoms with E-state index in [9.17, 15) is 0 Å². The highest BCUT2D eigenvalue weighted by Crippen LogP contribution is 2.40. The third kappa shape index (κ3) is 17.5. The summed E-state index contributed by atoms with van der Waals surface area (Å²) >= 11 is 5.81. The fourth-order valence-electron chi connectivity index (χ4n) is 5.63. The van der Waals surface area contributed by atoms with Crippen LogP contribution in [0.2, 0.25) is 0 Å². The fraction of sp³-hybridized carbons (Fsp3) is 0.643. The van der Waals surface area contributed by atoms with Crippen LogP contribution in [0.5, 0.6) is 17.2 Å². The van der Waals surface area contributed by atoms with Crippen molar-refractivity contribution in [1.82, 2.24) is 0 Å². The molecule has 0 bridgehead atoms. The first-order valence-electron chi connectivity index (χ1n) is 19.0. The van der Waals surface area contributed by atoms with Gasteiger partial charge in [-0.05, 0) is 60.6 Å². The van der Waals surface area contributed by atoms with Gasteiger partial charge in [0.05, 0.1) is 19.8 Å². The second kappa shape index (κ2) is 26.7. The molecule has 0 amide bonds. The Bertz CT molecular complexity index is 1040. The van der Waals surface area contributed by atoms with Gasteiger partial charge in [0.2, 0.25) is 5.75 Å². The van der Waals surface area contributed by atoms with Gasteiger partial charge in [-0.3, -0.25) is 0 Å². The lowest BCUT2D eigenvalue weighted by Crippen LogP contribution is -2.07. The van der Waals surface area contributed by atoms with Gasteiger partial charge < -0.3 is 14.2 Å². The molecule has 2 aromatic carbocycles. The van der Waals surface area contributed by atoms with E-state index < -0.39 is 0 Å². The fourth-order valence-corrected chi connectivity index (χ4v) is 5.83. The van der Waals surface area contributed by atoms with Crippen molar-refractivity contribution in [3.63, 3.8) is 0 Å². The molecule has 0 atom stereocenters. The molecule has 3 nitrogen and oxygen atoms in total. The molecule has 2 rings (SSSR count). The van der Waals surface area contributed by atoms with Gasteiger partial charge in [0.15, 0.2) is 11.5 Å². The number of unbranched alkanes of at least 4 members (excludes halogenated alkanes) is 15. The quantitative estimate of drug-likeness (QED) is 0.0379. The molecule has 4 heteroatoms. The number of hydrogen-bond acceptors (Lipinski definition) is 4. The highest BCUT2D eigenvalue weighted by Gasteiger charge is 2.16. The lowest BCUT2D eigenvalue weighted by Gasteiger charge is -2.18. The second-order valence-electron chi connectivity index (χ2n) is 12.8. The minimum absolute atomic E-state index is 0.681. The molecule has 0 N–H and O–H groups in total. The number of thiocarbonyl (C=S) groups is 1. The summed E-state index contributed by atoms with van der Waals surface area (Å²) in [6.45, 7) is 11.1. The van der Waals surface area contributed by atoms with Crippen molar-refractivity contribution in [1.29, 1.82) is 0 Å². The van der Waals surface area contributed by atoms with E-state index in [1.165, 1.54) is 102 Å². The van der Waals surface area contributed by atoms with Crippen LogP contribution in [-0.4, -0.2) is 24.7 Å². The summed E-state index contributed by atoms with van der Waals surface area (Å²) in [7, 11) is 0. The van der Waals surface area contributed by atoms with Gasteiger partial charge in [-0.15, -0.1) is 0 Å². The summed E-state index contributed by atoms with van der Waals surface area (Å²) in [5.41, 5.74) is 3.45. The summed E-state index contributed by atoms with van der Waals surface area (Å²) in [4.78, 5) is 0.829. The molecule has 0 fully saturated rings. The number of ether oxygens (including phenoxy) is 3. The molecule has 0 aliphatic rings. The largest absolute Gasteiger partial charge is 0.490 e. The molecule has 0 spiro atoms. The first-order valence-corrected chi connectivity index (χ1v) is 19.4. The van der Waals surface area contributed by atoms with E-state index in [0.717, 1.165) is 65.3 Å². The van der Waals surface area contributed by atoms with Crippen LogP contribution in [-0.2, 0) is 6.42 Å². The maximum Gasteiger partial charge on any atom is 0.203 e. The molecular weight excluding hydrogens is 585 g/mol. The van der Waals surface area contributed by atoms with Crippen LogP contribution in [0.25, 0.3) is 6.08 Å². The van der Waals surface area contributed by atoms with Gasteiger partial charge in [0.1, 0.15) is 0 Å². The van der Waals surface area contributed by atoms with Gasteiger partial charge >= 0.3 is 0 Å². The van der Waals surface area contributed by atoms with Crippen molar-refractivity contribution in [3.05, 3.63) is 59.2 Å². The lowest BCUT2D eigenvalue weighted by molar-refractivity contribution is 0.234. The minimum atomic E-state index is 0.681. The Labute approximate surface area is 288 Å². The van der Waals surface area contributed by atoms with Gasteiger partial charge in [-0.2, -0.15) is 0 Å². The molecule has 0 aromatic heterocycles. The highest BCUT2D eigenvalue weighted by molar-refractivity contribution is 7.81. The maximum atomic E-state index is 6.48. The van der Waals surface area contributed by atoms with E-state index in [1.807, 2.05) is 6.08 Å². The SMILES string of the molecule is CCCCCCCCOc1cc(C=CC(=S)c2ccc(CCC)cc2)cc(OCCCCCCCC)c1OCCCCCCCC. The molecule has 2 aromatic rings. The molecular formula is C42H66O3S. The number of hydrogen-bond donors (Lipinski definition) is 0. The molecule has 0 heterocycles. The van der Waals surface area contributed by atoms with Crippen LogP contribution in [0, 0.1) is 0 Å². The van der Waals surface area contributed by atoms with Crippen LogP contribution in [0.15, 0.2) is 42.5 Å². The number of aryl methyl sites for hydroxylation is 1. The molecule has 0 radical (unpaired) electrons. The predicted molar refractivity (Wildman–Crippen MR) is 204 cm³/mol. The Morgan fingerprint density at radius 3 is 1.43 bits per heavy atom. The van der Waals surface area contributed by atoms with Crippen molar-refractivity contribution < 1.29 is 14.2 Å². The first-order chi connectivity index (χ1) is 22.6. The molecule has 0 aliphatic carbocycles. The zero-order valence-corrected chi connectivity index (χ0v) is 30.8. The van der Waals surface area contributed by atoms with Crippen LogP contribution in [0.3, 0.4) is 0 Å². The van der Waals surface area contributed by atoms with Crippen molar-refractivity contribution in [2.24, 2.45) is 0 Å². The summed E-state index contributed by atoms with van der Waals surface area (Å²) in [6, 6.07) is 12.9. The molecule has 46 heavy (non-hydrogen) atoms. The van der Waals surface area contributed by atoms with Crippen molar-refractivity contribution in [3.8, 4) is 17.2 Å². The van der Waals surface area contributed by atoms with Gasteiger partial charge in [-0.1, -0.05) is 173 Å². The molecule has 0 saturated carbocycles. The van der Waals surface area contributed by atoms with Crippen LogP contribution >= 0.6 is 12.2 Å². The number of allylic oxidation sites excluding steroid dienone is 1. The monoisotopic (exact) mass is 650 g/mol. The van der Waals surface area contributed by atoms with E-state index >= 15 is 0 Å². The summed E-state index contributed by atoms with van der Waals surface area (Å²) < 4.78 is 19.4. The van der Waals surface area contributed by atoms with Gasteiger partial charge in [0.25, 0.3) is 0 Å². The second-order valence-corrected chi connectivity index (χ2v) is 13.3. The van der Waals surface area contributed by atoms with Gasteiger partial charge in [0, 0.05) is 4.86 Å². The van der Waals surface area contributed by atoms with Crippen molar-refractivity contribution in [2.75, 3.05) is 19.8 Å². The van der Waals surface area contributed by atoms with Crippen molar-refractivity contribution >= 4 is 23.2 Å². The molecule has 258 valence electrons. The number of benzene rings is 2. The van der Waals surface area contributed by atoms with E-state index in [2.05, 4.69) is 70.2 Å². The van der Waals surface area contributed by atoms with Gasteiger partial charge in [-0.25, -0.2) is 0 Å². The highest BCUT2D eigenvalue weighted by atomic mass is 32.1. The Balaban J connectivity index is 2.22. The maximum absolute atomic E-state index is 6.48. The zero-order chi connectivity index (χ0) is 33.1. The Kier molecular flexibility index (Phi) is 23.1. The third-order valence-corrected chi connectivity index (χ3v) is 8.87. The standard InChI is InChI=1S/C42H66O3S/c1-5-9-12-15-18-21-31-43-39-34-37(27-30-41(46)38-28-25-36(24-8-4)26-29-38)35-40(44-32-22-19-16-13-10-6-2)42(39)45-33-23-20-17-14-11-7-3/h25-30,34-35H,5-24,31-33H2,1-4H3.